The van der Waals surface area contributed by atoms with Crippen LogP contribution in [0.3, 0.4) is 0 Å². The van der Waals surface area contributed by atoms with Crippen molar-refractivity contribution in [3.8, 4) is 0 Å². The van der Waals surface area contributed by atoms with Crippen LogP contribution < -0.4 is 5.32 Å². The van der Waals surface area contributed by atoms with Gasteiger partial charge in [-0.05, 0) is 65.2 Å². The Kier molecular flexibility index (Phi) is 3.34. The van der Waals surface area contributed by atoms with Gasteiger partial charge in [-0.15, -0.1) is 0 Å². The molecule has 1 aromatic carbocycles. The Balaban J connectivity index is 2.04. The summed E-state index contributed by atoms with van der Waals surface area (Å²) in [7, 11) is 0. The van der Waals surface area contributed by atoms with Crippen molar-refractivity contribution in [2.75, 3.05) is 5.32 Å². The van der Waals surface area contributed by atoms with Crippen molar-refractivity contribution >= 4 is 21.6 Å². The van der Waals surface area contributed by atoms with Gasteiger partial charge in [0.05, 0.1) is 6.54 Å². The van der Waals surface area contributed by atoms with E-state index in [1.165, 1.54) is 11.1 Å². The van der Waals surface area contributed by atoms with Crippen LogP contribution in [0.2, 0.25) is 0 Å². The molecule has 0 radical (unpaired) electrons. The summed E-state index contributed by atoms with van der Waals surface area (Å²) in [6.07, 6.45) is 0. The summed E-state index contributed by atoms with van der Waals surface area (Å²) in [5, 5.41) is 3.34. The number of benzene rings is 1. The molecule has 0 aliphatic rings. The summed E-state index contributed by atoms with van der Waals surface area (Å²) in [5.41, 5.74) is 3.66. The van der Waals surface area contributed by atoms with Crippen molar-refractivity contribution in [3.05, 3.63) is 51.9 Å². The maximum absolute atomic E-state index is 5.42. The highest BCUT2D eigenvalue weighted by atomic mass is 79.9. The van der Waals surface area contributed by atoms with Crippen molar-refractivity contribution in [1.29, 1.82) is 0 Å². The Hall–Kier alpha value is -1.22. The van der Waals surface area contributed by atoms with E-state index in [-0.39, 0.29) is 0 Å². The second-order valence-corrected chi connectivity index (χ2v) is 4.72. The minimum absolute atomic E-state index is 0.703. The minimum atomic E-state index is 0.703. The van der Waals surface area contributed by atoms with E-state index >= 15 is 0 Å². The topological polar surface area (TPSA) is 25.2 Å². The lowest BCUT2D eigenvalue weighted by Crippen LogP contribution is -1.98. The number of furan rings is 1. The van der Waals surface area contributed by atoms with Gasteiger partial charge in [0.2, 0.25) is 0 Å². The highest BCUT2D eigenvalue weighted by molar-refractivity contribution is 9.10. The molecule has 16 heavy (non-hydrogen) atoms. The van der Waals surface area contributed by atoms with E-state index in [1.54, 1.807) is 0 Å². The van der Waals surface area contributed by atoms with Crippen LogP contribution in [0, 0.1) is 13.8 Å². The molecule has 0 atom stereocenters. The van der Waals surface area contributed by atoms with Gasteiger partial charge in [-0.3, -0.25) is 0 Å². The van der Waals surface area contributed by atoms with Crippen molar-refractivity contribution in [2.24, 2.45) is 0 Å². The van der Waals surface area contributed by atoms with Gasteiger partial charge >= 0.3 is 0 Å². The van der Waals surface area contributed by atoms with E-state index in [4.69, 9.17) is 4.42 Å². The number of rotatable bonds is 3. The summed E-state index contributed by atoms with van der Waals surface area (Å²) < 4.78 is 6.19. The fourth-order valence-electron chi connectivity index (χ4n) is 1.71. The van der Waals surface area contributed by atoms with Crippen molar-refractivity contribution < 1.29 is 4.42 Å². The highest BCUT2D eigenvalue weighted by Gasteiger charge is 2.00. The Labute approximate surface area is 104 Å². The molecule has 1 heterocycles. The molecule has 0 amide bonds. The average Bonchev–Trinajstić information content (AvgIpc) is 2.60. The molecule has 0 saturated carbocycles. The number of nitrogens with one attached hydrogen (secondary N) is 1. The monoisotopic (exact) mass is 279 g/mol. The van der Waals surface area contributed by atoms with Crippen LogP contribution in [0.15, 0.2) is 39.4 Å². The normalized spacial score (nSPS) is 10.4. The molecule has 0 aliphatic heterocycles. The van der Waals surface area contributed by atoms with Gasteiger partial charge in [-0.25, -0.2) is 0 Å². The van der Waals surface area contributed by atoms with Gasteiger partial charge in [-0.1, -0.05) is 6.07 Å². The van der Waals surface area contributed by atoms with Gasteiger partial charge < -0.3 is 9.73 Å². The SMILES string of the molecule is Cc1cc(C)cc(NCc2ccc(Br)o2)c1. The molecule has 3 heteroatoms. The fraction of sp³-hybridized carbons (Fsp3) is 0.231. The average molecular weight is 280 g/mol. The molecular formula is C13H14BrNO. The molecule has 0 bridgehead atoms. The zero-order chi connectivity index (χ0) is 11.5. The summed E-state index contributed by atoms with van der Waals surface area (Å²) in [6.45, 7) is 4.90. The van der Waals surface area contributed by atoms with E-state index in [1.807, 2.05) is 12.1 Å². The molecule has 84 valence electrons. The molecule has 0 fully saturated rings. The first-order chi connectivity index (χ1) is 7.63. The predicted octanol–water partition coefficient (Wildman–Crippen LogP) is 4.27. The Morgan fingerprint density at radius 1 is 1.12 bits per heavy atom. The Morgan fingerprint density at radius 3 is 2.38 bits per heavy atom. The smallest absolute Gasteiger partial charge is 0.169 e. The zero-order valence-corrected chi connectivity index (χ0v) is 11.0. The molecule has 0 aliphatic carbocycles. The second kappa shape index (κ2) is 4.74. The van der Waals surface area contributed by atoms with E-state index < -0.39 is 0 Å². The standard InChI is InChI=1S/C13H14BrNO/c1-9-5-10(2)7-11(6-9)15-8-12-3-4-13(14)16-12/h3-7,15H,8H2,1-2H3. The molecule has 0 spiro atoms. The van der Waals surface area contributed by atoms with Crippen LogP contribution in [-0.2, 0) is 6.54 Å². The van der Waals surface area contributed by atoms with Gasteiger partial charge in [0, 0.05) is 5.69 Å². The van der Waals surface area contributed by atoms with Crippen molar-refractivity contribution in [2.45, 2.75) is 20.4 Å². The first kappa shape index (κ1) is 11.3. The number of aryl methyl sites for hydroxylation is 2. The molecule has 1 aromatic heterocycles. The summed E-state index contributed by atoms with van der Waals surface area (Å²) >= 11 is 3.29. The Bertz CT molecular complexity index is 470. The predicted molar refractivity (Wildman–Crippen MR) is 69.7 cm³/mol. The second-order valence-electron chi connectivity index (χ2n) is 3.94. The maximum Gasteiger partial charge on any atom is 0.169 e. The lowest BCUT2D eigenvalue weighted by atomic mass is 10.1. The van der Waals surface area contributed by atoms with Gasteiger partial charge in [0.15, 0.2) is 4.67 Å². The fourth-order valence-corrected chi connectivity index (χ4v) is 2.05. The van der Waals surface area contributed by atoms with Crippen molar-refractivity contribution in [1.82, 2.24) is 0 Å². The van der Waals surface area contributed by atoms with Crippen LogP contribution in [0.5, 0.6) is 0 Å². The van der Waals surface area contributed by atoms with E-state index in [2.05, 4.69) is 53.3 Å². The van der Waals surface area contributed by atoms with E-state index in [0.717, 1.165) is 16.1 Å². The quantitative estimate of drug-likeness (QED) is 0.908. The largest absolute Gasteiger partial charge is 0.452 e. The number of hydrogen-bond acceptors (Lipinski definition) is 2. The molecule has 1 N–H and O–H groups in total. The third-order valence-corrected chi connectivity index (χ3v) is 2.74. The van der Waals surface area contributed by atoms with Crippen LogP contribution in [-0.4, -0.2) is 0 Å². The summed E-state index contributed by atoms with van der Waals surface area (Å²) in [5.74, 6) is 0.922. The Morgan fingerprint density at radius 2 is 1.81 bits per heavy atom. The van der Waals surface area contributed by atoms with Gasteiger partial charge in [-0.2, -0.15) is 0 Å². The zero-order valence-electron chi connectivity index (χ0n) is 9.38. The molecule has 0 unspecified atom stereocenters. The lowest BCUT2D eigenvalue weighted by molar-refractivity contribution is 0.495. The minimum Gasteiger partial charge on any atom is -0.452 e. The third-order valence-electron chi connectivity index (χ3n) is 2.32. The molecule has 2 aromatic rings. The van der Waals surface area contributed by atoms with Gasteiger partial charge in [0.25, 0.3) is 0 Å². The maximum atomic E-state index is 5.42. The van der Waals surface area contributed by atoms with Crippen LogP contribution >= 0.6 is 15.9 Å². The third kappa shape index (κ3) is 2.89. The molecular weight excluding hydrogens is 266 g/mol. The number of hydrogen-bond donors (Lipinski definition) is 1. The van der Waals surface area contributed by atoms with Crippen LogP contribution in [0.25, 0.3) is 0 Å². The first-order valence-electron chi connectivity index (χ1n) is 5.20. The van der Waals surface area contributed by atoms with Crippen LogP contribution in [0.1, 0.15) is 16.9 Å². The van der Waals surface area contributed by atoms with E-state index in [0.29, 0.717) is 6.54 Å². The van der Waals surface area contributed by atoms with Crippen molar-refractivity contribution in [3.63, 3.8) is 0 Å². The van der Waals surface area contributed by atoms with Crippen LogP contribution in [0.4, 0.5) is 5.69 Å². The summed E-state index contributed by atoms with van der Waals surface area (Å²) in [6, 6.07) is 10.3. The van der Waals surface area contributed by atoms with Gasteiger partial charge in [0.1, 0.15) is 5.76 Å². The summed E-state index contributed by atoms with van der Waals surface area (Å²) in [4.78, 5) is 0. The first-order valence-corrected chi connectivity index (χ1v) is 5.99. The molecule has 2 nitrogen and oxygen atoms in total. The molecule has 2 rings (SSSR count). The number of anilines is 1. The number of halogens is 1. The molecule has 0 saturated heterocycles. The highest BCUT2D eigenvalue weighted by Crippen LogP contribution is 2.17. The van der Waals surface area contributed by atoms with E-state index in [9.17, 15) is 0 Å². The lowest BCUT2D eigenvalue weighted by Gasteiger charge is -2.06.